The molecule has 0 N–H and O–H groups in total. The molecule has 0 atom stereocenters. The molecule has 0 unspecified atom stereocenters. The number of Topliss-reactive ketones (excluding diaryl/α,β-unsaturated/α-hetero) is 1. The van der Waals surface area contributed by atoms with Crippen LogP contribution in [-0.4, -0.2) is 48.7 Å². The minimum atomic E-state index is -4.02. The van der Waals surface area contributed by atoms with Gasteiger partial charge in [-0.3, -0.25) is 9.59 Å². The van der Waals surface area contributed by atoms with E-state index in [0.29, 0.717) is 0 Å². The maximum Gasteiger partial charge on any atom is 0.449 e. The number of esters is 2. The summed E-state index contributed by atoms with van der Waals surface area (Å²) in [7, 11) is -4.02. The Morgan fingerprint density at radius 1 is 0.853 bits per heavy atom. The third-order valence-corrected chi connectivity index (χ3v) is 5.84. The molecule has 2 rings (SSSR count). The van der Waals surface area contributed by atoms with Crippen LogP contribution in [0, 0.1) is 0 Å². The predicted molar refractivity (Wildman–Crippen MR) is 125 cm³/mol. The van der Waals surface area contributed by atoms with Crippen molar-refractivity contribution < 1.29 is 37.5 Å². The lowest BCUT2D eigenvalue weighted by molar-refractivity contribution is -0.144. The summed E-state index contributed by atoms with van der Waals surface area (Å²) >= 11 is 0. The summed E-state index contributed by atoms with van der Waals surface area (Å²) < 4.78 is 35.3. The van der Waals surface area contributed by atoms with Gasteiger partial charge in [-0.25, -0.2) is 9.36 Å². The number of ether oxygens (including phenoxy) is 2. The Balaban J connectivity index is 2.45. The first-order valence-corrected chi connectivity index (χ1v) is 12.4. The lowest BCUT2D eigenvalue weighted by atomic mass is 10.2. The first-order valence-electron chi connectivity index (χ1n) is 10.6. The zero-order valence-corrected chi connectivity index (χ0v) is 20.2. The molecule has 0 aliphatic heterocycles. The monoisotopic (exact) mass is 489 g/mol. The van der Waals surface area contributed by atoms with Gasteiger partial charge >= 0.3 is 19.5 Å². The third-order valence-electron chi connectivity index (χ3n) is 4.15. The number of hydrogen-bond acceptors (Lipinski definition) is 9. The van der Waals surface area contributed by atoms with Gasteiger partial charge in [-0.05, 0) is 45.0 Å². The standard InChI is InChI=1S/C24H28NO8P/c1-4-30-23(27)17-25(16-22(19(3)26)24(28)31-5-2)18-34(29,32-20-12-8-6-9-13-20)33-21-14-10-7-11-15-21/h6-16H,4-5,17-18H2,1-3H3/b22-16+. The number of carbonyl (C=O) groups excluding carboxylic acids is 3. The summed E-state index contributed by atoms with van der Waals surface area (Å²) in [5, 5.41) is 0. The Bertz CT molecular complexity index is 994. The molecule has 0 radical (unpaired) electrons. The van der Waals surface area contributed by atoms with Crippen molar-refractivity contribution in [2.24, 2.45) is 0 Å². The van der Waals surface area contributed by atoms with Crippen molar-refractivity contribution in [1.82, 2.24) is 4.90 Å². The summed E-state index contributed by atoms with van der Waals surface area (Å²) in [5.41, 5.74) is -0.322. The van der Waals surface area contributed by atoms with Crippen LogP contribution in [0.3, 0.4) is 0 Å². The predicted octanol–water partition coefficient (Wildman–Crippen LogP) is 4.20. The van der Waals surface area contributed by atoms with Crippen LogP contribution in [0.5, 0.6) is 11.5 Å². The number of benzene rings is 2. The van der Waals surface area contributed by atoms with E-state index in [1.807, 2.05) is 0 Å². The highest BCUT2D eigenvalue weighted by atomic mass is 31.2. The largest absolute Gasteiger partial charge is 0.465 e. The number of ketones is 1. The van der Waals surface area contributed by atoms with Crippen LogP contribution in [0.25, 0.3) is 0 Å². The summed E-state index contributed by atoms with van der Waals surface area (Å²) in [6.07, 6.45) is 0.651. The van der Waals surface area contributed by atoms with E-state index in [1.165, 1.54) is 11.8 Å². The van der Waals surface area contributed by atoms with Gasteiger partial charge in [-0.2, -0.15) is 0 Å². The fraction of sp³-hybridized carbons (Fsp3) is 0.292. The molecule has 182 valence electrons. The number of carbonyl (C=O) groups is 3. The highest BCUT2D eigenvalue weighted by Crippen LogP contribution is 2.49. The lowest BCUT2D eigenvalue weighted by Gasteiger charge is -2.26. The molecule has 0 aliphatic carbocycles. The smallest absolute Gasteiger partial charge is 0.449 e. The first kappa shape index (κ1) is 26.7. The van der Waals surface area contributed by atoms with Crippen molar-refractivity contribution in [1.29, 1.82) is 0 Å². The van der Waals surface area contributed by atoms with Gasteiger partial charge in [0.05, 0.1) is 13.2 Å². The number of para-hydroxylation sites is 2. The van der Waals surface area contributed by atoms with E-state index in [0.717, 1.165) is 6.20 Å². The molecular formula is C24H28NO8P. The summed E-state index contributed by atoms with van der Waals surface area (Å²) in [4.78, 5) is 37.8. The lowest BCUT2D eigenvalue weighted by Crippen LogP contribution is -2.31. The average Bonchev–Trinajstić information content (AvgIpc) is 2.78. The second-order valence-corrected chi connectivity index (χ2v) is 8.80. The van der Waals surface area contributed by atoms with Crippen LogP contribution in [0.15, 0.2) is 72.4 Å². The number of hydrogen-bond donors (Lipinski definition) is 0. The Labute approximate surface area is 198 Å². The molecule has 2 aromatic carbocycles. The second kappa shape index (κ2) is 13.2. The van der Waals surface area contributed by atoms with Gasteiger partial charge < -0.3 is 23.4 Å². The number of rotatable bonds is 13. The van der Waals surface area contributed by atoms with Crippen LogP contribution in [-0.2, 0) is 28.4 Å². The van der Waals surface area contributed by atoms with E-state index in [1.54, 1.807) is 74.5 Å². The van der Waals surface area contributed by atoms with Gasteiger partial charge in [0.2, 0.25) is 0 Å². The van der Waals surface area contributed by atoms with Crippen molar-refractivity contribution in [3.05, 3.63) is 72.4 Å². The molecule has 0 bridgehead atoms. The van der Waals surface area contributed by atoms with E-state index in [9.17, 15) is 18.9 Å². The average molecular weight is 489 g/mol. The Morgan fingerprint density at radius 2 is 1.35 bits per heavy atom. The van der Waals surface area contributed by atoms with Gasteiger partial charge in [0.25, 0.3) is 0 Å². The highest BCUT2D eigenvalue weighted by molar-refractivity contribution is 7.54. The molecule has 0 saturated heterocycles. The highest BCUT2D eigenvalue weighted by Gasteiger charge is 2.33. The van der Waals surface area contributed by atoms with E-state index in [4.69, 9.17) is 18.5 Å². The van der Waals surface area contributed by atoms with Crippen LogP contribution in [0.4, 0.5) is 0 Å². The zero-order chi connectivity index (χ0) is 25.0. The van der Waals surface area contributed by atoms with E-state index >= 15 is 0 Å². The Hall–Kier alpha value is -3.58. The Kier molecular flexibility index (Phi) is 10.4. The molecular weight excluding hydrogens is 461 g/mol. The molecule has 0 heterocycles. The molecule has 10 heteroatoms. The van der Waals surface area contributed by atoms with Gasteiger partial charge in [-0.15, -0.1) is 0 Å². The van der Waals surface area contributed by atoms with E-state index < -0.39 is 38.1 Å². The van der Waals surface area contributed by atoms with Gasteiger partial charge in [0.15, 0.2) is 5.78 Å². The summed E-state index contributed by atoms with van der Waals surface area (Å²) in [5.74, 6) is -1.56. The fourth-order valence-corrected chi connectivity index (χ4v) is 4.44. The molecule has 0 saturated carbocycles. The summed E-state index contributed by atoms with van der Waals surface area (Å²) in [6.45, 7) is 4.18. The SMILES string of the molecule is CCOC(=O)CN(/C=C(\C(C)=O)C(=O)OCC)CP(=O)(Oc1ccccc1)Oc1ccccc1. The van der Waals surface area contributed by atoms with E-state index in [-0.39, 0.29) is 30.3 Å². The minimum Gasteiger partial charge on any atom is -0.465 e. The van der Waals surface area contributed by atoms with Crippen LogP contribution < -0.4 is 9.05 Å². The molecule has 0 spiro atoms. The molecule has 34 heavy (non-hydrogen) atoms. The quantitative estimate of drug-likeness (QED) is 0.134. The van der Waals surface area contributed by atoms with Crippen LogP contribution in [0.2, 0.25) is 0 Å². The van der Waals surface area contributed by atoms with Crippen molar-refractivity contribution >= 4 is 25.3 Å². The maximum atomic E-state index is 13.9. The molecule has 0 aromatic heterocycles. The molecule has 0 aliphatic rings. The normalized spacial score (nSPS) is 11.3. The topological polar surface area (TPSA) is 108 Å². The van der Waals surface area contributed by atoms with Crippen molar-refractivity contribution in [3.63, 3.8) is 0 Å². The van der Waals surface area contributed by atoms with Crippen molar-refractivity contribution in [2.45, 2.75) is 20.8 Å². The van der Waals surface area contributed by atoms with Crippen LogP contribution >= 0.6 is 7.60 Å². The van der Waals surface area contributed by atoms with Crippen molar-refractivity contribution in [3.8, 4) is 11.5 Å². The maximum absolute atomic E-state index is 13.9. The zero-order valence-electron chi connectivity index (χ0n) is 19.3. The van der Waals surface area contributed by atoms with Gasteiger partial charge in [0, 0.05) is 6.20 Å². The molecule has 0 fully saturated rings. The number of nitrogens with zero attached hydrogens (tertiary/aromatic N) is 1. The third kappa shape index (κ3) is 8.75. The molecule has 0 amide bonds. The minimum absolute atomic E-state index is 0.0497. The second-order valence-electron chi connectivity index (χ2n) is 6.93. The molecule has 2 aromatic rings. The summed E-state index contributed by atoms with van der Waals surface area (Å²) in [6, 6.07) is 16.8. The van der Waals surface area contributed by atoms with Crippen molar-refractivity contribution in [2.75, 3.05) is 26.0 Å². The van der Waals surface area contributed by atoms with Gasteiger partial charge in [0.1, 0.15) is 29.9 Å². The van der Waals surface area contributed by atoms with E-state index in [2.05, 4.69) is 0 Å². The Morgan fingerprint density at radius 3 is 1.79 bits per heavy atom. The molecule has 9 nitrogen and oxygen atoms in total. The fourth-order valence-electron chi connectivity index (χ4n) is 2.77. The first-order chi connectivity index (χ1) is 16.3. The van der Waals surface area contributed by atoms with Gasteiger partial charge in [-0.1, -0.05) is 36.4 Å². The van der Waals surface area contributed by atoms with Crippen LogP contribution in [0.1, 0.15) is 20.8 Å².